The number of nitrogens with zero attached hydrogens (tertiary/aromatic N) is 3. The summed E-state index contributed by atoms with van der Waals surface area (Å²) in [6.45, 7) is 4.04. The second kappa shape index (κ2) is 10.1. The maximum absolute atomic E-state index is 13.7. The Hall–Kier alpha value is -3.34. The van der Waals surface area contributed by atoms with Gasteiger partial charge >= 0.3 is 0 Å². The molecule has 0 radical (unpaired) electrons. The fourth-order valence-electron chi connectivity index (χ4n) is 2.46. The van der Waals surface area contributed by atoms with Crippen molar-refractivity contribution in [3.8, 4) is 5.75 Å². The molecule has 1 N–H and O–H groups in total. The Bertz CT molecular complexity index is 1090. The molecule has 0 spiro atoms. The number of aromatic nitrogens is 3. The highest BCUT2D eigenvalue weighted by atomic mass is 32.2. The van der Waals surface area contributed by atoms with Gasteiger partial charge in [0.1, 0.15) is 18.2 Å². The van der Waals surface area contributed by atoms with Gasteiger partial charge < -0.3 is 10.1 Å². The van der Waals surface area contributed by atoms with Crippen molar-refractivity contribution in [2.24, 2.45) is 0 Å². The lowest BCUT2D eigenvalue weighted by Crippen LogP contribution is -2.16. The van der Waals surface area contributed by atoms with E-state index in [2.05, 4.69) is 22.1 Å². The van der Waals surface area contributed by atoms with E-state index in [0.29, 0.717) is 23.3 Å². The standard InChI is InChI=1S/C20H16F4N4O2S/c1-2-9-28-16(10-30-13-5-3-12(21)4-6-13)26-27-20(28)31-11-17(29)25-15-8-7-14(22)18(23)19(15)24/h2-8H,1,9-11H2,(H,25,29). The van der Waals surface area contributed by atoms with Gasteiger partial charge in [-0.05, 0) is 36.4 Å². The lowest BCUT2D eigenvalue weighted by Gasteiger charge is -2.10. The molecule has 6 nitrogen and oxygen atoms in total. The van der Waals surface area contributed by atoms with Crippen LogP contribution in [0.5, 0.6) is 5.75 Å². The van der Waals surface area contributed by atoms with Gasteiger partial charge in [-0.3, -0.25) is 9.36 Å². The van der Waals surface area contributed by atoms with Gasteiger partial charge in [-0.1, -0.05) is 17.8 Å². The number of allylic oxidation sites excluding steroid dienone is 1. The van der Waals surface area contributed by atoms with Crippen LogP contribution in [0.2, 0.25) is 0 Å². The first-order valence-electron chi connectivity index (χ1n) is 8.86. The van der Waals surface area contributed by atoms with Crippen molar-refractivity contribution < 1.29 is 27.1 Å². The second-order valence-electron chi connectivity index (χ2n) is 6.10. The quantitative estimate of drug-likeness (QED) is 0.227. The Morgan fingerprint density at radius 2 is 1.84 bits per heavy atom. The monoisotopic (exact) mass is 452 g/mol. The molecule has 0 aliphatic heterocycles. The van der Waals surface area contributed by atoms with Crippen LogP contribution in [-0.4, -0.2) is 26.4 Å². The van der Waals surface area contributed by atoms with Crippen molar-refractivity contribution in [1.82, 2.24) is 14.8 Å². The third-order valence-electron chi connectivity index (χ3n) is 3.93. The molecule has 3 aromatic rings. The van der Waals surface area contributed by atoms with E-state index in [1.165, 1.54) is 24.3 Å². The summed E-state index contributed by atoms with van der Waals surface area (Å²) >= 11 is 1.01. The largest absolute Gasteiger partial charge is 0.486 e. The number of hydrogen-bond acceptors (Lipinski definition) is 5. The van der Waals surface area contributed by atoms with Crippen LogP contribution in [0.3, 0.4) is 0 Å². The van der Waals surface area contributed by atoms with Gasteiger partial charge in [-0.25, -0.2) is 17.6 Å². The van der Waals surface area contributed by atoms with Crippen molar-refractivity contribution >= 4 is 23.4 Å². The predicted octanol–water partition coefficient (Wildman–Crippen LogP) is 4.33. The lowest BCUT2D eigenvalue weighted by molar-refractivity contribution is -0.113. The zero-order valence-corrected chi connectivity index (χ0v) is 16.8. The number of anilines is 1. The molecule has 0 bridgehead atoms. The third-order valence-corrected chi connectivity index (χ3v) is 4.90. The van der Waals surface area contributed by atoms with E-state index in [9.17, 15) is 22.4 Å². The fourth-order valence-corrected chi connectivity index (χ4v) is 3.23. The maximum atomic E-state index is 13.7. The molecule has 2 aromatic carbocycles. The van der Waals surface area contributed by atoms with Crippen molar-refractivity contribution in [3.63, 3.8) is 0 Å². The summed E-state index contributed by atoms with van der Waals surface area (Å²) in [4.78, 5) is 12.1. The van der Waals surface area contributed by atoms with E-state index in [1.54, 1.807) is 10.6 Å². The summed E-state index contributed by atoms with van der Waals surface area (Å²) in [5, 5.41) is 10.6. The Kier molecular flexibility index (Phi) is 7.29. The van der Waals surface area contributed by atoms with Crippen LogP contribution in [-0.2, 0) is 17.9 Å². The first kappa shape index (κ1) is 22.3. The fraction of sp³-hybridized carbons (Fsp3) is 0.150. The number of carbonyl (C=O) groups excluding carboxylic acids is 1. The minimum atomic E-state index is -1.66. The Morgan fingerprint density at radius 1 is 1.10 bits per heavy atom. The van der Waals surface area contributed by atoms with E-state index in [0.717, 1.165) is 23.9 Å². The summed E-state index contributed by atoms with van der Waals surface area (Å²) in [5.74, 6) is -4.83. The van der Waals surface area contributed by atoms with Crippen LogP contribution in [0, 0.1) is 23.3 Å². The first-order valence-corrected chi connectivity index (χ1v) is 9.85. The number of carbonyl (C=O) groups is 1. The number of nitrogens with one attached hydrogen (secondary N) is 1. The third kappa shape index (κ3) is 5.63. The molecule has 1 amide bonds. The molecule has 0 saturated heterocycles. The number of hydrogen-bond donors (Lipinski definition) is 1. The Balaban J connectivity index is 1.63. The average molecular weight is 452 g/mol. The normalized spacial score (nSPS) is 10.7. The molecule has 162 valence electrons. The van der Waals surface area contributed by atoms with Gasteiger partial charge in [-0.15, -0.1) is 16.8 Å². The van der Waals surface area contributed by atoms with Gasteiger partial charge in [0.05, 0.1) is 11.4 Å². The zero-order chi connectivity index (χ0) is 22.4. The van der Waals surface area contributed by atoms with Gasteiger partial charge in [0.25, 0.3) is 0 Å². The van der Waals surface area contributed by atoms with E-state index in [1.807, 2.05) is 0 Å². The van der Waals surface area contributed by atoms with E-state index in [-0.39, 0.29) is 18.2 Å². The molecule has 0 aliphatic carbocycles. The van der Waals surface area contributed by atoms with Crippen LogP contribution >= 0.6 is 11.8 Å². The molecule has 3 rings (SSSR count). The van der Waals surface area contributed by atoms with Crippen LogP contribution in [0.25, 0.3) is 0 Å². The zero-order valence-electron chi connectivity index (χ0n) is 15.9. The van der Waals surface area contributed by atoms with E-state index >= 15 is 0 Å². The average Bonchev–Trinajstić information content (AvgIpc) is 3.14. The van der Waals surface area contributed by atoms with Crippen molar-refractivity contribution in [2.75, 3.05) is 11.1 Å². The molecule has 1 aromatic heterocycles. The highest BCUT2D eigenvalue weighted by Crippen LogP contribution is 2.22. The number of thioether (sulfide) groups is 1. The molecular weight excluding hydrogens is 436 g/mol. The molecule has 1 heterocycles. The predicted molar refractivity (Wildman–Crippen MR) is 107 cm³/mol. The molecule has 0 saturated carbocycles. The lowest BCUT2D eigenvalue weighted by atomic mass is 10.3. The number of halogens is 4. The second-order valence-corrected chi connectivity index (χ2v) is 7.04. The van der Waals surface area contributed by atoms with Crippen molar-refractivity contribution in [1.29, 1.82) is 0 Å². The summed E-state index contributed by atoms with van der Waals surface area (Å²) in [6.07, 6.45) is 1.60. The SMILES string of the molecule is C=CCn1c(COc2ccc(F)cc2)nnc1SCC(=O)Nc1ccc(F)c(F)c1F. The number of amides is 1. The first-order chi connectivity index (χ1) is 14.9. The van der Waals surface area contributed by atoms with Gasteiger partial charge in [0.2, 0.25) is 5.91 Å². The molecular formula is C20H16F4N4O2S. The maximum Gasteiger partial charge on any atom is 0.234 e. The minimum Gasteiger partial charge on any atom is -0.486 e. The van der Waals surface area contributed by atoms with Crippen LogP contribution in [0.15, 0.2) is 54.2 Å². The molecule has 0 atom stereocenters. The molecule has 0 fully saturated rings. The van der Waals surface area contributed by atoms with Crippen LogP contribution in [0.4, 0.5) is 23.2 Å². The summed E-state index contributed by atoms with van der Waals surface area (Å²) in [7, 11) is 0. The Morgan fingerprint density at radius 3 is 2.55 bits per heavy atom. The van der Waals surface area contributed by atoms with Crippen LogP contribution < -0.4 is 10.1 Å². The topological polar surface area (TPSA) is 69.0 Å². The van der Waals surface area contributed by atoms with Crippen molar-refractivity contribution in [3.05, 3.63) is 78.1 Å². The van der Waals surface area contributed by atoms with Crippen molar-refractivity contribution in [2.45, 2.75) is 18.3 Å². The smallest absolute Gasteiger partial charge is 0.234 e. The molecule has 0 unspecified atom stereocenters. The highest BCUT2D eigenvalue weighted by Gasteiger charge is 2.17. The number of rotatable bonds is 9. The number of benzene rings is 2. The van der Waals surface area contributed by atoms with Gasteiger partial charge in [0.15, 0.2) is 28.4 Å². The summed E-state index contributed by atoms with van der Waals surface area (Å²) < 4.78 is 60.2. The van der Waals surface area contributed by atoms with E-state index < -0.39 is 29.0 Å². The summed E-state index contributed by atoms with van der Waals surface area (Å²) in [6, 6.07) is 7.12. The highest BCUT2D eigenvalue weighted by molar-refractivity contribution is 7.99. The van der Waals surface area contributed by atoms with Gasteiger partial charge in [0, 0.05) is 6.54 Å². The van der Waals surface area contributed by atoms with Gasteiger partial charge in [-0.2, -0.15) is 0 Å². The van der Waals surface area contributed by atoms with Crippen LogP contribution in [0.1, 0.15) is 5.82 Å². The number of ether oxygens (including phenoxy) is 1. The summed E-state index contributed by atoms with van der Waals surface area (Å²) in [5.41, 5.74) is -0.467. The Labute approximate surface area is 178 Å². The van der Waals surface area contributed by atoms with E-state index in [4.69, 9.17) is 4.74 Å². The molecule has 0 aliphatic rings. The minimum absolute atomic E-state index is 0.0410. The molecule has 11 heteroatoms. The molecule has 31 heavy (non-hydrogen) atoms.